The number of aliphatic hydroxyl groups is 2. The third-order valence-corrected chi connectivity index (χ3v) is 7.66. The van der Waals surface area contributed by atoms with Gasteiger partial charge in [-0.25, -0.2) is 8.78 Å². The van der Waals surface area contributed by atoms with E-state index in [2.05, 4.69) is 9.30 Å². The van der Waals surface area contributed by atoms with Crippen molar-refractivity contribution < 1.29 is 38.0 Å². The fourth-order valence-electron chi connectivity index (χ4n) is 5.53. The molecule has 0 spiro atoms. The predicted octanol–water partition coefficient (Wildman–Crippen LogP) is 6.98. The third-order valence-electron chi connectivity index (χ3n) is 7.66. The molecule has 0 bridgehead atoms. The molecule has 45 heavy (non-hydrogen) atoms. The molecular formula is C36H37F2NO6. The van der Waals surface area contributed by atoms with Gasteiger partial charge in [0.25, 0.3) is 0 Å². The number of methoxy groups -OCH3 is 1. The van der Waals surface area contributed by atoms with Crippen LogP contribution in [0.1, 0.15) is 55.8 Å². The average molecular weight is 618 g/mol. The Labute approximate surface area is 261 Å². The molecule has 7 nitrogen and oxygen atoms in total. The predicted molar refractivity (Wildman–Crippen MR) is 167 cm³/mol. The summed E-state index contributed by atoms with van der Waals surface area (Å²) in [5.41, 5.74) is 5.44. The molecule has 5 rings (SSSR count). The van der Waals surface area contributed by atoms with Crippen LogP contribution in [0.5, 0.6) is 0 Å². The van der Waals surface area contributed by atoms with Gasteiger partial charge in [0.05, 0.1) is 38.0 Å². The molecular weight excluding hydrogens is 580 g/mol. The zero-order chi connectivity index (χ0) is 32.1. The molecule has 1 aliphatic heterocycles. The summed E-state index contributed by atoms with van der Waals surface area (Å²) in [5.74, 6) is -1.35. The van der Waals surface area contributed by atoms with Gasteiger partial charge in [-0.05, 0) is 60.9 Å². The smallest absolute Gasteiger partial charge is 0.308 e. The minimum atomic E-state index is -1.10. The Hall–Kier alpha value is -4.15. The van der Waals surface area contributed by atoms with Crippen molar-refractivity contribution in [3.05, 3.63) is 114 Å². The van der Waals surface area contributed by atoms with Gasteiger partial charge in [0.1, 0.15) is 11.6 Å². The number of hydrogen-bond acceptors (Lipinski definition) is 6. The number of rotatable bonds is 13. The van der Waals surface area contributed by atoms with E-state index in [1.165, 1.54) is 31.4 Å². The molecule has 1 saturated heterocycles. The third kappa shape index (κ3) is 7.75. The molecule has 1 fully saturated rings. The van der Waals surface area contributed by atoms with Crippen molar-refractivity contribution in [2.75, 3.05) is 7.11 Å². The minimum absolute atomic E-state index is 0.0846. The van der Waals surface area contributed by atoms with E-state index >= 15 is 0 Å². The number of epoxide rings is 1. The van der Waals surface area contributed by atoms with Crippen LogP contribution in [-0.2, 0) is 25.6 Å². The average Bonchev–Trinajstić information content (AvgIpc) is 3.72. The summed E-state index contributed by atoms with van der Waals surface area (Å²) >= 11 is 0. The number of aromatic nitrogens is 1. The van der Waals surface area contributed by atoms with E-state index in [0.717, 1.165) is 27.9 Å². The molecule has 4 aromatic rings. The number of carbonyl (C=O) groups excluding carboxylic acids is 1. The Morgan fingerprint density at radius 3 is 2.11 bits per heavy atom. The van der Waals surface area contributed by atoms with Crippen LogP contribution in [-0.4, -0.2) is 46.4 Å². The van der Waals surface area contributed by atoms with Gasteiger partial charge in [0.15, 0.2) is 12.4 Å². The number of carbonyl (C=O) groups is 1. The van der Waals surface area contributed by atoms with Gasteiger partial charge in [0, 0.05) is 29.3 Å². The van der Waals surface area contributed by atoms with Crippen LogP contribution >= 0.6 is 0 Å². The number of aliphatic hydroxyl groups excluding tert-OH is 2. The quantitative estimate of drug-likeness (QED) is 0.124. The molecule has 0 amide bonds. The molecule has 0 aliphatic carbocycles. The van der Waals surface area contributed by atoms with Crippen molar-refractivity contribution in [2.45, 2.75) is 63.9 Å². The van der Waals surface area contributed by atoms with E-state index in [-0.39, 0.29) is 24.7 Å². The fourth-order valence-corrected chi connectivity index (χ4v) is 5.53. The second-order valence-electron chi connectivity index (χ2n) is 11.3. The monoisotopic (exact) mass is 617 g/mol. The molecule has 1 aliphatic rings. The van der Waals surface area contributed by atoms with Crippen molar-refractivity contribution in [1.82, 2.24) is 4.57 Å². The van der Waals surface area contributed by atoms with E-state index in [1.807, 2.05) is 44.2 Å². The molecule has 3 unspecified atom stereocenters. The Morgan fingerprint density at radius 1 is 0.933 bits per heavy atom. The Kier molecular flexibility index (Phi) is 10.2. The van der Waals surface area contributed by atoms with Gasteiger partial charge in [-0.1, -0.05) is 60.7 Å². The number of nitrogens with zero attached hydrogens (tertiary/aromatic N) is 1. The van der Waals surface area contributed by atoms with Gasteiger partial charge in [-0.15, -0.1) is 0 Å². The van der Waals surface area contributed by atoms with Gasteiger partial charge < -0.3 is 29.0 Å². The van der Waals surface area contributed by atoms with Gasteiger partial charge in [0.2, 0.25) is 0 Å². The normalized spacial score (nSPS) is 17.5. The van der Waals surface area contributed by atoms with Crippen LogP contribution in [0.15, 0.2) is 84.9 Å². The van der Waals surface area contributed by atoms with Crippen molar-refractivity contribution in [3.63, 3.8) is 0 Å². The van der Waals surface area contributed by atoms with E-state index in [1.54, 1.807) is 36.4 Å². The second kappa shape index (κ2) is 14.3. The molecule has 4 atom stereocenters. The molecule has 3 aromatic carbocycles. The highest BCUT2D eigenvalue weighted by molar-refractivity contribution is 5.92. The summed E-state index contributed by atoms with van der Waals surface area (Å²) in [6, 6.07) is 21.9. The van der Waals surface area contributed by atoms with Crippen LogP contribution in [0.4, 0.5) is 8.78 Å². The lowest BCUT2D eigenvalue weighted by atomic mass is 9.93. The van der Waals surface area contributed by atoms with Gasteiger partial charge in [-0.3, -0.25) is 4.79 Å². The zero-order valence-electron chi connectivity index (χ0n) is 25.4. The first-order valence-electron chi connectivity index (χ1n) is 14.9. The van der Waals surface area contributed by atoms with Gasteiger partial charge >= 0.3 is 5.97 Å². The van der Waals surface area contributed by atoms with Crippen LogP contribution in [0.2, 0.25) is 0 Å². The lowest BCUT2D eigenvalue weighted by Gasteiger charge is -2.17. The molecule has 236 valence electrons. The first kappa shape index (κ1) is 32.2. The van der Waals surface area contributed by atoms with Crippen LogP contribution < -0.4 is 0 Å². The number of esters is 1. The van der Waals surface area contributed by atoms with Gasteiger partial charge in [-0.2, -0.15) is 0 Å². The van der Waals surface area contributed by atoms with E-state index in [9.17, 15) is 23.8 Å². The summed E-state index contributed by atoms with van der Waals surface area (Å²) in [7, 11) is 1.24. The summed E-state index contributed by atoms with van der Waals surface area (Å²) < 4.78 is 47.2. The lowest BCUT2D eigenvalue weighted by molar-refractivity contribution is -0.143. The maximum absolute atomic E-state index is 14.1. The van der Waals surface area contributed by atoms with Crippen molar-refractivity contribution >= 4 is 12.0 Å². The molecule has 0 saturated carbocycles. The Morgan fingerprint density at radius 2 is 1.53 bits per heavy atom. The highest BCUT2D eigenvalue weighted by Crippen LogP contribution is 2.51. The fraction of sp³-hybridized carbons (Fsp3) is 0.306. The largest absolute Gasteiger partial charge is 0.469 e. The molecule has 9 heteroatoms. The maximum atomic E-state index is 14.1. The molecule has 2 N–H and O–H groups in total. The standard InChI is InChI=1S/C36H37F2NO6/c1-22(2)39-30(18-17-28(40)19-29(41)20-31(42)43-3)32(24-9-13-26(37)14-10-24)33(25-11-15-27(38)16-12-25)34(39)35-36(45-35)44-21-23-7-5-4-6-8-23/h4-18,22,28-29,35-36,40-41H,19-21H2,1-3H3/b18-17+/t28-,29?,35?,36?/m1/s1. The van der Waals surface area contributed by atoms with E-state index < -0.39 is 36.4 Å². The van der Waals surface area contributed by atoms with Crippen molar-refractivity contribution in [3.8, 4) is 22.3 Å². The molecule has 2 heterocycles. The number of hydrogen-bond donors (Lipinski definition) is 2. The van der Waals surface area contributed by atoms with Crippen molar-refractivity contribution in [1.29, 1.82) is 0 Å². The SMILES string of the molecule is COC(=O)CC(O)C[C@H](O)/C=C/c1c(-c2ccc(F)cc2)c(-c2ccc(F)cc2)c(C2OC2OCc2ccccc2)n1C(C)C. The van der Waals surface area contributed by atoms with Crippen LogP contribution in [0.3, 0.4) is 0 Å². The summed E-state index contributed by atoms with van der Waals surface area (Å²) in [5, 5.41) is 21.1. The van der Waals surface area contributed by atoms with E-state index in [0.29, 0.717) is 17.9 Å². The lowest BCUT2D eigenvalue weighted by Crippen LogP contribution is -2.20. The first-order valence-corrected chi connectivity index (χ1v) is 14.9. The van der Waals surface area contributed by atoms with Crippen LogP contribution in [0, 0.1) is 11.6 Å². The topological polar surface area (TPSA) is 93.5 Å². The Bertz CT molecular complexity index is 1620. The highest BCUT2D eigenvalue weighted by atomic mass is 19.1. The van der Waals surface area contributed by atoms with E-state index in [4.69, 9.17) is 9.47 Å². The Balaban J connectivity index is 1.61. The number of benzene rings is 3. The number of ether oxygens (including phenoxy) is 3. The zero-order valence-corrected chi connectivity index (χ0v) is 25.4. The summed E-state index contributed by atoms with van der Waals surface area (Å²) in [6.07, 6.45) is -0.190. The molecule has 0 radical (unpaired) electrons. The second-order valence-corrected chi connectivity index (χ2v) is 11.3. The van der Waals surface area contributed by atoms with Crippen LogP contribution in [0.25, 0.3) is 28.3 Å². The highest BCUT2D eigenvalue weighted by Gasteiger charge is 2.47. The van der Waals surface area contributed by atoms with Crippen molar-refractivity contribution in [2.24, 2.45) is 0 Å². The molecule has 1 aromatic heterocycles. The summed E-state index contributed by atoms with van der Waals surface area (Å²) in [6.45, 7) is 4.39. The maximum Gasteiger partial charge on any atom is 0.308 e. The number of halogens is 2. The summed E-state index contributed by atoms with van der Waals surface area (Å²) in [4.78, 5) is 11.6. The first-order chi connectivity index (χ1) is 21.7. The minimum Gasteiger partial charge on any atom is -0.469 e.